The van der Waals surface area contributed by atoms with E-state index in [2.05, 4.69) is 11.4 Å². The van der Waals surface area contributed by atoms with E-state index in [1.54, 1.807) is 36.4 Å². The highest BCUT2D eigenvalue weighted by atomic mass is 32.1. The van der Waals surface area contributed by atoms with Gasteiger partial charge in [0.1, 0.15) is 40.9 Å². The molecule has 33 heavy (non-hydrogen) atoms. The van der Waals surface area contributed by atoms with E-state index in [0.29, 0.717) is 27.4 Å². The highest BCUT2D eigenvalue weighted by molar-refractivity contribution is 7.16. The van der Waals surface area contributed by atoms with Crippen LogP contribution in [0.25, 0.3) is 6.08 Å². The van der Waals surface area contributed by atoms with Crippen molar-refractivity contribution in [2.75, 3.05) is 5.32 Å². The Hall–Kier alpha value is -3.94. The number of hydrogen-bond acceptors (Lipinski definition) is 5. The number of nitrogens with zero attached hydrogens (tertiary/aromatic N) is 2. The summed E-state index contributed by atoms with van der Waals surface area (Å²) in [6.07, 6.45) is 5.29. The molecule has 0 atom stereocenters. The number of anilines is 1. The number of hydrogen-bond donors (Lipinski definition) is 1. The van der Waals surface area contributed by atoms with Crippen LogP contribution in [0.15, 0.2) is 54.1 Å². The maximum absolute atomic E-state index is 13.4. The molecule has 1 amide bonds. The number of carbonyl (C=O) groups excluding carboxylic acids is 1. The van der Waals surface area contributed by atoms with Gasteiger partial charge in [-0.25, -0.2) is 4.39 Å². The second-order valence-electron chi connectivity index (χ2n) is 7.61. The molecule has 0 aliphatic heterocycles. The van der Waals surface area contributed by atoms with Gasteiger partial charge < -0.3 is 10.1 Å². The maximum Gasteiger partial charge on any atom is 0.266 e. The molecule has 4 rings (SSSR count). The molecule has 0 radical (unpaired) electrons. The number of thiophene rings is 1. The number of rotatable bonds is 6. The molecule has 1 aliphatic rings. The predicted octanol–water partition coefficient (Wildman–Crippen LogP) is 5.76. The number of para-hydroxylation sites is 1. The Kier molecular flexibility index (Phi) is 6.83. The number of amides is 1. The lowest BCUT2D eigenvalue weighted by molar-refractivity contribution is -0.112. The number of benzene rings is 2. The SMILES string of the molecule is N#C/C(=C\c1ccccc1OCc1cccc(F)c1)C(=O)Nc1sc2c(c1C#N)CCCC2. The Bertz CT molecular complexity index is 1310. The van der Waals surface area contributed by atoms with E-state index >= 15 is 0 Å². The third kappa shape index (κ3) is 5.11. The molecule has 164 valence electrons. The van der Waals surface area contributed by atoms with E-state index in [1.165, 1.54) is 29.5 Å². The molecule has 1 aromatic heterocycles. The zero-order chi connectivity index (χ0) is 23.2. The molecule has 1 heterocycles. The van der Waals surface area contributed by atoms with Crippen LogP contribution in [0.4, 0.5) is 9.39 Å². The van der Waals surface area contributed by atoms with E-state index in [-0.39, 0.29) is 18.0 Å². The summed E-state index contributed by atoms with van der Waals surface area (Å²) in [5.41, 5.74) is 2.62. The van der Waals surface area contributed by atoms with E-state index in [4.69, 9.17) is 4.74 Å². The van der Waals surface area contributed by atoms with Gasteiger partial charge in [0.25, 0.3) is 5.91 Å². The molecule has 2 aromatic carbocycles. The van der Waals surface area contributed by atoms with Gasteiger partial charge >= 0.3 is 0 Å². The lowest BCUT2D eigenvalue weighted by atomic mass is 9.96. The fourth-order valence-corrected chi connectivity index (χ4v) is 5.00. The Labute approximate surface area is 195 Å². The minimum atomic E-state index is -0.576. The number of nitriles is 2. The van der Waals surface area contributed by atoms with Crippen molar-refractivity contribution in [3.05, 3.63) is 87.1 Å². The second kappa shape index (κ2) is 10.1. The number of ether oxygens (including phenoxy) is 1. The lowest BCUT2D eigenvalue weighted by Gasteiger charge is -2.10. The number of aryl methyl sites for hydroxylation is 1. The largest absolute Gasteiger partial charge is 0.488 e. The molecular weight excluding hydrogens is 437 g/mol. The van der Waals surface area contributed by atoms with Gasteiger partial charge in [-0.1, -0.05) is 30.3 Å². The average molecular weight is 458 g/mol. The van der Waals surface area contributed by atoms with Crippen LogP contribution in [0, 0.1) is 28.5 Å². The van der Waals surface area contributed by atoms with Crippen LogP contribution in [-0.4, -0.2) is 5.91 Å². The summed E-state index contributed by atoms with van der Waals surface area (Å²) in [6.45, 7) is 0.142. The number of carbonyl (C=O) groups is 1. The Morgan fingerprint density at radius 3 is 2.76 bits per heavy atom. The van der Waals surface area contributed by atoms with Crippen molar-refractivity contribution in [2.24, 2.45) is 0 Å². The first-order valence-corrected chi connectivity index (χ1v) is 11.3. The smallest absolute Gasteiger partial charge is 0.266 e. The minimum Gasteiger partial charge on any atom is -0.488 e. The zero-order valence-corrected chi connectivity index (χ0v) is 18.5. The minimum absolute atomic E-state index is 0.105. The molecule has 3 aromatic rings. The molecule has 0 saturated heterocycles. The Morgan fingerprint density at radius 2 is 1.97 bits per heavy atom. The molecule has 0 fully saturated rings. The summed E-state index contributed by atoms with van der Waals surface area (Å²) < 4.78 is 19.2. The summed E-state index contributed by atoms with van der Waals surface area (Å²) in [4.78, 5) is 14.0. The molecular formula is C26H20FN3O2S. The first-order valence-electron chi connectivity index (χ1n) is 10.5. The van der Waals surface area contributed by atoms with Crippen LogP contribution in [0.3, 0.4) is 0 Å². The zero-order valence-electron chi connectivity index (χ0n) is 17.7. The molecule has 5 nitrogen and oxygen atoms in total. The monoisotopic (exact) mass is 457 g/mol. The number of nitrogens with one attached hydrogen (secondary N) is 1. The summed E-state index contributed by atoms with van der Waals surface area (Å²) in [5.74, 6) is -0.459. The maximum atomic E-state index is 13.4. The Balaban J connectivity index is 1.55. The van der Waals surface area contributed by atoms with Crippen molar-refractivity contribution in [3.63, 3.8) is 0 Å². The molecule has 1 aliphatic carbocycles. The van der Waals surface area contributed by atoms with Gasteiger partial charge in [0.05, 0.1) is 5.56 Å². The van der Waals surface area contributed by atoms with Crippen LogP contribution >= 0.6 is 11.3 Å². The van der Waals surface area contributed by atoms with E-state index in [9.17, 15) is 19.7 Å². The lowest BCUT2D eigenvalue weighted by Crippen LogP contribution is -2.13. The van der Waals surface area contributed by atoms with Gasteiger partial charge in [-0.05, 0) is 61.1 Å². The molecule has 0 unspecified atom stereocenters. The van der Waals surface area contributed by atoms with E-state index < -0.39 is 5.91 Å². The van der Waals surface area contributed by atoms with Gasteiger partial charge in [-0.15, -0.1) is 11.3 Å². The van der Waals surface area contributed by atoms with Crippen molar-refractivity contribution in [1.82, 2.24) is 0 Å². The molecule has 0 saturated carbocycles. The first-order chi connectivity index (χ1) is 16.1. The van der Waals surface area contributed by atoms with Crippen molar-refractivity contribution in [3.8, 4) is 17.9 Å². The quantitative estimate of drug-likeness (QED) is 0.376. The summed E-state index contributed by atoms with van der Waals surface area (Å²) in [7, 11) is 0. The topological polar surface area (TPSA) is 85.9 Å². The second-order valence-corrected chi connectivity index (χ2v) is 8.71. The van der Waals surface area contributed by atoms with Gasteiger partial charge in [-0.3, -0.25) is 4.79 Å². The fourth-order valence-electron chi connectivity index (χ4n) is 3.77. The first kappa shape index (κ1) is 22.3. The van der Waals surface area contributed by atoms with Crippen LogP contribution in [0.1, 0.15) is 40.0 Å². The molecule has 1 N–H and O–H groups in total. The van der Waals surface area contributed by atoms with Crippen molar-refractivity contribution in [2.45, 2.75) is 32.3 Å². The predicted molar refractivity (Wildman–Crippen MR) is 125 cm³/mol. The molecule has 0 bridgehead atoms. The molecule has 7 heteroatoms. The average Bonchev–Trinajstić information content (AvgIpc) is 3.18. The van der Waals surface area contributed by atoms with Crippen LogP contribution < -0.4 is 10.1 Å². The van der Waals surface area contributed by atoms with Gasteiger partial charge in [0.2, 0.25) is 0 Å². The standard InChI is InChI=1S/C26H20FN3O2S/c27-20-8-5-6-17(12-20)16-32-23-10-3-1-7-18(23)13-19(14-28)25(31)30-26-22(15-29)21-9-2-4-11-24(21)33-26/h1,3,5-8,10,12-13H,2,4,9,11,16H2,(H,30,31)/b19-13+. The summed E-state index contributed by atoms with van der Waals surface area (Å²) >= 11 is 1.41. The van der Waals surface area contributed by atoms with Gasteiger partial charge in [0, 0.05) is 10.4 Å². The highest BCUT2D eigenvalue weighted by Crippen LogP contribution is 2.37. The van der Waals surface area contributed by atoms with Crippen molar-refractivity contribution in [1.29, 1.82) is 10.5 Å². The van der Waals surface area contributed by atoms with Crippen LogP contribution in [0.2, 0.25) is 0 Å². The number of fused-ring (bicyclic) bond motifs is 1. The van der Waals surface area contributed by atoms with Crippen molar-refractivity contribution < 1.29 is 13.9 Å². The van der Waals surface area contributed by atoms with Crippen LogP contribution in [0.5, 0.6) is 5.75 Å². The van der Waals surface area contributed by atoms with Crippen molar-refractivity contribution >= 4 is 28.3 Å². The van der Waals surface area contributed by atoms with Gasteiger partial charge in [0.15, 0.2) is 0 Å². The van der Waals surface area contributed by atoms with Gasteiger partial charge in [-0.2, -0.15) is 10.5 Å². The van der Waals surface area contributed by atoms with Crippen LogP contribution in [-0.2, 0) is 24.2 Å². The third-order valence-electron chi connectivity index (χ3n) is 5.38. The number of halogens is 1. The Morgan fingerprint density at radius 1 is 1.15 bits per heavy atom. The normalized spacial score (nSPS) is 12.9. The summed E-state index contributed by atoms with van der Waals surface area (Å²) in [5, 5.41) is 22.5. The van der Waals surface area contributed by atoms with E-state index in [0.717, 1.165) is 36.1 Å². The molecule has 0 spiro atoms. The summed E-state index contributed by atoms with van der Waals surface area (Å²) in [6, 6.07) is 17.3. The van der Waals surface area contributed by atoms with E-state index in [1.807, 2.05) is 6.07 Å². The fraction of sp³-hybridized carbons (Fsp3) is 0.192. The third-order valence-corrected chi connectivity index (χ3v) is 6.58. The highest BCUT2D eigenvalue weighted by Gasteiger charge is 2.22.